The van der Waals surface area contributed by atoms with Gasteiger partial charge < -0.3 is 66.9 Å². The minimum atomic E-state index is -2.35. The fourth-order valence-electron chi connectivity index (χ4n) is 7.26. The van der Waals surface area contributed by atoms with Crippen LogP contribution in [0.4, 0.5) is 0 Å². The average molecular weight is 861 g/mol. The number of H-pyrrole nitrogens is 1. The van der Waals surface area contributed by atoms with Gasteiger partial charge in [-0.05, 0) is 31.4 Å². The number of hydrogen-bond donors (Lipinski definition) is 11. The summed E-state index contributed by atoms with van der Waals surface area (Å²) >= 11 is 1.01. The second-order valence-corrected chi connectivity index (χ2v) is 16.9. The SMILES string of the molecule is COC(=O)C(O)C1NC(=O)C(C(C)C)NC(=O)C(CC(C)(O)CO)NC(=O)C2Cc3c([nH]c4ccccc34)SCC(NC1=O)C(=O)N1CC(O)CC1C(=O)NC(C)C(=O)N2. The molecule has 22 heteroatoms. The molecule has 21 nitrogen and oxygen atoms in total. The molecule has 0 spiro atoms. The maximum absolute atomic E-state index is 14.5. The summed E-state index contributed by atoms with van der Waals surface area (Å²) in [5.74, 6) is -9.21. The number of methoxy groups -OCH3 is 1. The van der Waals surface area contributed by atoms with E-state index < -0.39 is 126 Å². The van der Waals surface area contributed by atoms with Crippen molar-refractivity contribution in [3.05, 3.63) is 29.8 Å². The summed E-state index contributed by atoms with van der Waals surface area (Å²) in [5, 5.41) is 58.6. The van der Waals surface area contributed by atoms with Crippen LogP contribution in [0.1, 0.15) is 46.1 Å². The van der Waals surface area contributed by atoms with Gasteiger partial charge in [0.25, 0.3) is 0 Å². The standard InChI is InChI=1S/C38H52N8O13S/c1-16(2)26-33(54)45-27(28(49)37(57)59-5)34(55)42-24-14-60-35-20(19-8-6-7-9-21(19)43-35)11-22(30(51)41-23(31(52)44-26)12-38(4,58)15-47)40-29(50)17(3)39-32(53)25-10-18(48)13-46(25)36(24)56/h6-9,16-18,22-28,43,47-49,58H,10-15H2,1-5H3,(H,39,53)(H,40,50)(H,41,51)(H,42,55)(H,44,52)(H,45,54). The van der Waals surface area contributed by atoms with Crippen LogP contribution in [0.2, 0.25) is 0 Å². The van der Waals surface area contributed by atoms with E-state index in [1.807, 2.05) is 0 Å². The number of carbonyl (C=O) groups is 8. The number of thioether (sulfide) groups is 1. The number of nitrogens with one attached hydrogen (secondary N) is 7. The zero-order valence-corrected chi connectivity index (χ0v) is 34.5. The number of rotatable bonds is 6. The van der Waals surface area contributed by atoms with E-state index in [1.165, 1.54) is 27.7 Å². The summed E-state index contributed by atoms with van der Waals surface area (Å²) in [6.07, 6.45) is -4.62. The molecular weight excluding hydrogens is 809 g/mol. The first-order valence-electron chi connectivity index (χ1n) is 19.4. The highest BCUT2D eigenvalue weighted by atomic mass is 32.2. The van der Waals surface area contributed by atoms with Crippen molar-refractivity contribution in [2.75, 3.05) is 26.0 Å². The number of nitrogens with zero attached hydrogens (tertiary/aromatic N) is 1. The Morgan fingerprint density at radius 2 is 1.55 bits per heavy atom. The molecule has 2 aromatic rings. The van der Waals surface area contributed by atoms with E-state index in [-0.39, 0.29) is 25.1 Å². The Labute approximate surface area is 348 Å². The normalized spacial score (nSPS) is 29.2. The first-order chi connectivity index (χ1) is 28.2. The lowest BCUT2D eigenvalue weighted by atomic mass is 9.95. The molecule has 0 saturated carbocycles. The topological polar surface area (TPSA) is 318 Å². The van der Waals surface area contributed by atoms with E-state index in [1.54, 1.807) is 24.3 Å². The van der Waals surface area contributed by atoms with Crippen molar-refractivity contribution in [3.63, 3.8) is 0 Å². The number of benzene rings is 1. The zero-order chi connectivity index (χ0) is 44.2. The van der Waals surface area contributed by atoms with Crippen LogP contribution < -0.4 is 31.9 Å². The molecule has 1 aromatic heterocycles. The Hall–Kier alpha value is -5.29. The van der Waals surface area contributed by atoms with Gasteiger partial charge in [0.15, 0.2) is 6.10 Å². The Balaban J connectivity index is 1.73. The van der Waals surface area contributed by atoms with E-state index in [2.05, 4.69) is 41.6 Å². The number of ether oxygens (including phenoxy) is 1. The molecule has 328 valence electrons. The van der Waals surface area contributed by atoms with Crippen molar-refractivity contribution in [1.82, 2.24) is 41.8 Å². The second-order valence-electron chi connectivity index (χ2n) is 15.8. The molecule has 3 aliphatic rings. The number of amides is 7. The molecule has 5 rings (SSSR count). The van der Waals surface area contributed by atoms with Gasteiger partial charge in [0.05, 0.1) is 30.4 Å². The number of aromatic amines is 1. The van der Waals surface area contributed by atoms with Gasteiger partial charge in [-0.15, -0.1) is 11.8 Å². The van der Waals surface area contributed by atoms with Crippen molar-refractivity contribution in [2.24, 2.45) is 5.92 Å². The minimum Gasteiger partial charge on any atom is -0.467 e. The zero-order valence-electron chi connectivity index (χ0n) is 33.6. The predicted octanol–water partition coefficient (Wildman–Crippen LogP) is -3.96. The highest BCUT2D eigenvalue weighted by Crippen LogP contribution is 2.32. The van der Waals surface area contributed by atoms with Gasteiger partial charge in [-0.2, -0.15) is 0 Å². The highest BCUT2D eigenvalue weighted by molar-refractivity contribution is 7.99. The second kappa shape index (κ2) is 19.0. The third-order valence-corrected chi connectivity index (χ3v) is 11.8. The number of esters is 1. The summed E-state index contributed by atoms with van der Waals surface area (Å²) in [7, 11) is 0.926. The minimum absolute atomic E-state index is 0.243. The number of hydrogen-bond acceptors (Lipinski definition) is 14. The molecule has 7 amide bonds. The molecule has 1 saturated heterocycles. The number of fused-ring (bicyclic) bond motifs is 5. The van der Waals surface area contributed by atoms with Gasteiger partial charge >= 0.3 is 5.97 Å². The van der Waals surface area contributed by atoms with Gasteiger partial charge in [-0.3, -0.25) is 33.6 Å². The fraction of sp³-hybridized carbons (Fsp3) is 0.579. The summed E-state index contributed by atoms with van der Waals surface area (Å²) in [5.41, 5.74) is -0.913. The van der Waals surface area contributed by atoms with Crippen molar-refractivity contribution in [1.29, 1.82) is 0 Å². The van der Waals surface area contributed by atoms with Crippen molar-refractivity contribution in [2.45, 2.75) is 112 Å². The average Bonchev–Trinajstić information content (AvgIpc) is 3.77. The molecule has 4 heterocycles. The smallest absolute Gasteiger partial charge is 0.337 e. The molecule has 2 bridgehead atoms. The van der Waals surface area contributed by atoms with Crippen LogP contribution in [0, 0.1) is 5.92 Å². The maximum Gasteiger partial charge on any atom is 0.337 e. The van der Waals surface area contributed by atoms with Gasteiger partial charge in [0.1, 0.15) is 42.3 Å². The van der Waals surface area contributed by atoms with E-state index >= 15 is 0 Å². The number of aliphatic hydroxyl groups excluding tert-OH is 3. The lowest BCUT2D eigenvalue weighted by Crippen LogP contribution is -2.64. The molecule has 11 N–H and O–H groups in total. The van der Waals surface area contributed by atoms with Crippen LogP contribution in [0.3, 0.4) is 0 Å². The van der Waals surface area contributed by atoms with E-state index in [0.29, 0.717) is 21.5 Å². The molecule has 10 unspecified atom stereocenters. The van der Waals surface area contributed by atoms with E-state index in [0.717, 1.165) is 23.8 Å². The molecule has 60 heavy (non-hydrogen) atoms. The first kappa shape index (κ1) is 45.8. The van der Waals surface area contributed by atoms with Crippen molar-refractivity contribution >= 4 is 70.0 Å². The molecule has 3 aliphatic heterocycles. The molecule has 1 aromatic carbocycles. The largest absolute Gasteiger partial charge is 0.467 e. The molecular formula is C38H52N8O13S. The molecule has 0 aliphatic carbocycles. The number of para-hydroxylation sites is 1. The molecule has 0 radical (unpaired) electrons. The third-order valence-electron chi connectivity index (χ3n) is 10.6. The molecule has 1 fully saturated rings. The quantitative estimate of drug-likeness (QED) is 0.124. The number of aliphatic hydroxyl groups is 4. The van der Waals surface area contributed by atoms with E-state index in [9.17, 15) is 58.8 Å². The van der Waals surface area contributed by atoms with Crippen molar-refractivity contribution < 1.29 is 63.5 Å². The van der Waals surface area contributed by atoms with Crippen LogP contribution >= 0.6 is 11.8 Å². The van der Waals surface area contributed by atoms with Crippen LogP contribution in [-0.4, -0.2) is 164 Å². The lowest BCUT2D eigenvalue weighted by Gasteiger charge is -2.32. The predicted molar refractivity (Wildman–Crippen MR) is 211 cm³/mol. The highest BCUT2D eigenvalue weighted by Gasteiger charge is 2.45. The maximum atomic E-state index is 14.5. The van der Waals surface area contributed by atoms with Gasteiger partial charge in [-0.25, -0.2) is 4.79 Å². The summed E-state index contributed by atoms with van der Waals surface area (Å²) < 4.78 is 4.66. The summed E-state index contributed by atoms with van der Waals surface area (Å²) in [6, 6.07) is -4.06. The van der Waals surface area contributed by atoms with Gasteiger partial charge in [-0.1, -0.05) is 32.0 Å². The molecule has 10 atom stereocenters. The van der Waals surface area contributed by atoms with Crippen LogP contribution in [0.25, 0.3) is 10.9 Å². The number of carbonyl (C=O) groups excluding carboxylic acids is 8. The Kier molecular flexibility index (Phi) is 14.5. The third kappa shape index (κ3) is 10.3. The van der Waals surface area contributed by atoms with E-state index in [4.69, 9.17) is 0 Å². The number of aromatic nitrogens is 1. The fourth-order valence-corrected chi connectivity index (χ4v) is 8.37. The Morgan fingerprint density at radius 3 is 2.22 bits per heavy atom. The Bertz CT molecular complexity index is 2010. The van der Waals surface area contributed by atoms with Gasteiger partial charge in [0.2, 0.25) is 41.4 Å². The van der Waals surface area contributed by atoms with Crippen LogP contribution in [-0.2, 0) is 49.5 Å². The summed E-state index contributed by atoms with van der Waals surface area (Å²) in [6.45, 7) is 4.38. The Morgan fingerprint density at radius 1 is 0.900 bits per heavy atom. The van der Waals surface area contributed by atoms with Gasteiger partial charge in [0, 0.05) is 42.5 Å². The monoisotopic (exact) mass is 860 g/mol. The first-order valence-corrected chi connectivity index (χ1v) is 20.4. The van der Waals surface area contributed by atoms with Crippen molar-refractivity contribution in [3.8, 4) is 0 Å². The van der Waals surface area contributed by atoms with Crippen LogP contribution in [0.15, 0.2) is 29.3 Å². The lowest BCUT2D eigenvalue weighted by molar-refractivity contribution is -0.155. The summed E-state index contributed by atoms with van der Waals surface area (Å²) in [4.78, 5) is 116. The van der Waals surface area contributed by atoms with Crippen LogP contribution in [0.5, 0.6) is 0 Å².